The van der Waals surface area contributed by atoms with Crippen LogP contribution in [0, 0.1) is 0 Å². The van der Waals surface area contributed by atoms with E-state index in [1.165, 1.54) is 6.20 Å². The zero-order valence-corrected chi connectivity index (χ0v) is 9.46. The second kappa shape index (κ2) is 4.86. The van der Waals surface area contributed by atoms with E-state index in [9.17, 15) is 9.36 Å². The number of nitrogens with zero attached hydrogens (tertiary/aromatic N) is 1. The Morgan fingerprint density at radius 3 is 2.44 bits per heavy atom. The molecule has 0 bridgehead atoms. The second-order valence-electron chi connectivity index (χ2n) is 3.27. The Labute approximate surface area is 93.9 Å². The quantitative estimate of drug-likeness (QED) is 0.760. The van der Waals surface area contributed by atoms with Crippen LogP contribution in [0.3, 0.4) is 0 Å². The molecule has 0 spiro atoms. The van der Waals surface area contributed by atoms with Crippen LogP contribution in [0.15, 0.2) is 54.9 Å². The van der Waals surface area contributed by atoms with Crippen molar-refractivity contribution < 1.29 is 9.36 Å². The SMILES string of the molecule is O=C(c1cccnc1)[PH](=O)c1ccccc1. The molecule has 4 heteroatoms. The van der Waals surface area contributed by atoms with Crippen molar-refractivity contribution in [1.82, 2.24) is 4.98 Å². The number of hydrogen-bond acceptors (Lipinski definition) is 3. The molecule has 16 heavy (non-hydrogen) atoms. The molecule has 0 aliphatic heterocycles. The fourth-order valence-corrected chi connectivity index (χ4v) is 2.52. The second-order valence-corrected chi connectivity index (χ2v) is 4.96. The fourth-order valence-electron chi connectivity index (χ4n) is 1.35. The van der Waals surface area contributed by atoms with E-state index in [-0.39, 0.29) is 5.52 Å². The third-order valence-electron chi connectivity index (χ3n) is 2.17. The van der Waals surface area contributed by atoms with Gasteiger partial charge in [0, 0.05) is 23.3 Å². The van der Waals surface area contributed by atoms with Gasteiger partial charge < -0.3 is 4.57 Å². The van der Waals surface area contributed by atoms with Crippen molar-refractivity contribution in [2.45, 2.75) is 0 Å². The van der Waals surface area contributed by atoms with Crippen molar-refractivity contribution in [1.29, 1.82) is 0 Å². The first kappa shape index (κ1) is 10.8. The van der Waals surface area contributed by atoms with E-state index >= 15 is 0 Å². The monoisotopic (exact) mass is 231 g/mol. The lowest BCUT2D eigenvalue weighted by Crippen LogP contribution is -2.03. The summed E-state index contributed by atoms with van der Waals surface area (Å²) in [4.78, 5) is 15.7. The van der Waals surface area contributed by atoms with Crippen LogP contribution in [0.2, 0.25) is 0 Å². The van der Waals surface area contributed by atoms with Gasteiger partial charge in [-0.3, -0.25) is 9.78 Å². The summed E-state index contributed by atoms with van der Waals surface area (Å²) in [6.07, 6.45) is 3.02. The molecule has 0 aliphatic rings. The molecule has 0 saturated heterocycles. The lowest BCUT2D eigenvalue weighted by atomic mass is 10.3. The molecule has 1 aromatic heterocycles. The number of rotatable bonds is 3. The van der Waals surface area contributed by atoms with E-state index < -0.39 is 7.80 Å². The van der Waals surface area contributed by atoms with Crippen molar-refractivity contribution in [3.05, 3.63) is 60.4 Å². The van der Waals surface area contributed by atoms with Gasteiger partial charge >= 0.3 is 0 Å². The van der Waals surface area contributed by atoms with Crippen molar-refractivity contribution in [3.63, 3.8) is 0 Å². The van der Waals surface area contributed by atoms with E-state index in [2.05, 4.69) is 4.98 Å². The minimum atomic E-state index is -2.43. The zero-order chi connectivity index (χ0) is 11.4. The van der Waals surface area contributed by atoms with E-state index in [0.29, 0.717) is 10.9 Å². The van der Waals surface area contributed by atoms with Crippen LogP contribution < -0.4 is 5.30 Å². The molecule has 0 amide bonds. The van der Waals surface area contributed by atoms with Gasteiger partial charge in [0.15, 0.2) is 7.80 Å². The largest absolute Gasteiger partial charge is 0.313 e. The summed E-state index contributed by atoms with van der Waals surface area (Å²) in [6, 6.07) is 12.1. The zero-order valence-electron chi connectivity index (χ0n) is 8.46. The van der Waals surface area contributed by atoms with Gasteiger partial charge in [-0.2, -0.15) is 0 Å². The molecule has 0 N–H and O–H groups in total. The fraction of sp³-hybridized carbons (Fsp3) is 0. The number of hydrogen-bond donors (Lipinski definition) is 0. The van der Waals surface area contributed by atoms with Crippen LogP contribution >= 0.6 is 7.80 Å². The molecule has 0 radical (unpaired) electrons. The third kappa shape index (κ3) is 2.26. The average Bonchev–Trinajstić information content (AvgIpc) is 2.39. The van der Waals surface area contributed by atoms with Gasteiger partial charge in [0.1, 0.15) is 0 Å². The highest BCUT2D eigenvalue weighted by Crippen LogP contribution is 2.25. The molecule has 2 aromatic rings. The molecular weight excluding hydrogens is 221 g/mol. The van der Waals surface area contributed by atoms with Crippen LogP contribution in [0.4, 0.5) is 0 Å². The predicted molar refractivity (Wildman–Crippen MR) is 63.6 cm³/mol. The van der Waals surface area contributed by atoms with Gasteiger partial charge in [-0.15, -0.1) is 0 Å². The first-order valence-electron chi connectivity index (χ1n) is 4.83. The number of carbonyl (C=O) groups excluding carboxylic acids is 1. The number of carbonyl (C=O) groups is 1. The lowest BCUT2D eigenvalue weighted by molar-refractivity contribution is 0.107. The first-order valence-corrected chi connectivity index (χ1v) is 6.24. The van der Waals surface area contributed by atoms with Gasteiger partial charge in [0.05, 0.1) is 0 Å². The van der Waals surface area contributed by atoms with Gasteiger partial charge in [0.25, 0.3) is 0 Å². The lowest BCUT2D eigenvalue weighted by Gasteiger charge is -2.00. The van der Waals surface area contributed by atoms with Crippen molar-refractivity contribution >= 4 is 18.6 Å². The smallest absolute Gasteiger partial charge is 0.224 e. The Kier molecular flexibility index (Phi) is 3.28. The van der Waals surface area contributed by atoms with Crippen LogP contribution in [0.1, 0.15) is 10.4 Å². The summed E-state index contributed by atoms with van der Waals surface area (Å²) in [6.45, 7) is 0. The Bertz CT molecular complexity index is 462. The van der Waals surface area contributed by atoms with Gasteiger partial charge in [-0.1, -0.05) is 30.3 Å². The molecule has 1 atom stereocenters. The maximum atomic E-state index is 12.0. The number of pyridine rings is 1. The minimum Gasteiger partial charge on any atom is -0.313 e. The molecule has 2 rings (SSSR count). The highest BCUT2D eigenvalue weighted by Gasteiger charge is 2.15. The van der Waals surface area contributed by atoms with E-state index in [1.54, 1.807) is 42.6 Å². The molecule has 80 valence electrons. The minimum absolute atomic E-state index is 0.343. The Hall–Kier alpha value is -1.73. The standard InChI is InChI=1S/C12H10NO2P/c14-12(10-5-4-8-13-9-10)16(15)11-6-2-1-3-7-11/h1-9,16H. The normalized spacial score (nSPS) is 12.0. The van der Waals surface area contributed by atoms with Crippen molar-refractivity contribution in [2.75, 3.05) is 0 Å². The molecule has 1 unspecified atom stereocenters. The van der Waals surface area contributed by atoms with Crippen LogP contribution in [0.25, 0.3) is 0 Å². The van der Waals surface area contributed by atoms with Gasteiger partial charge in [-0.05, 0) is 12.1 Å². The third-order valence-corrected chi connectivity index (χ3v) is 3.72. The van der Waals surface area contributed by atoms with Gasteiger partial charge in [0.2, 0.25) is 5.52 Å². The summed E-state index contributed by atoms with van der Waals surface area (Å²) in [7, 11) is -2.43. The Morgan fingerprint density at radius 1 is 1.06 bits per heavy atom. The Balaban J connectivity index is 2.28. The molecule has 3 nitrogen and oxygen atoms in total. The molecule has 0 saturated carbocycles. The number of aromatic nitrogens is 1. The summed E-state index contributed by atoms with van der Waals surface area (Å²) >= 11 is 0. The van der Waals surface area contributed by atoms with Crippen LogP contribution in [-0.4, -0.2) is 10.5 Å². The Morgan fingerprint density at radius 2 is 1.81 bits per heavy atom. The molecule has 1 aromatic carbocycles. The summed E-state index contributed by atoms with van der Waals surface area (Å²) in [5.41, 5.74) is 0.0551. The number of benzene rings is 1. The van der Waals surface area contributed by atoms with E-state index in [0.717, 1.165) is 0 Å². The van der Waals surface area contributed by atoms with Gasteiger partial charge in [-0.25, -0.2) is 0 Å². The van der Waals surface area contributed by atoms with Crippen molar-refractivity contribution in [2.24, 2.45) is 0 Å². The first-order chi connectivity index (χ1) is 7.79. The topological polar surface area (TPSA) is 47.0 Å². The summed E-state index contributed by atoms with van der Waals surface area (Å²) < 4.78 is 12.0. The highest BCUT2D eigenvalue weighted by atomic mass is 31.1. The summed E-state index contributed by atoms with van der Waals surface area (Å²) in [5, 5.41) is 0.585. The maximum absolute atomic E-state index is 12.0. The van der Waals surface area contributed by atoms with E-state index in [4.69, 9.17) is 0 Å². The highest BCUT2D eigenvalue weighted by molar-refractivity contribution is 7.71. The summed E-state index contributed by atoms with van der Waals surface area (Å²) in [5.74, 6) is 0. The molecule has 0 fully saturated rings. The van der Waals surface area contributed by atoms with E-state index in [1.807, 2.05) is 6.07 Å². The average molecular weight is 231 g/mol. The molecule has 0 aliphatic carbocycles. The molecular formula is C12H10NO2P. The van der Waals surface area contributed by atoms with Crippen LogP contribution in [-0.2, 0) is 4.57 Å². The molecule has 1 heterocycles. The predicted octanol–water partition coefficient (Wildman–Crippen LogP) is 2.11. The van der Waals surface area contributed by atoms with Crippen molar-refractivity contribution in [3.8, 4) is 0 Å². The van der Waals surface area contributed by atoms with Crippen LogP contribution in [0.5, 0.6) is 0 Å². The maximum Gasteiger partial charge on any atom is 0.224 e.